The monoisotopic (exact) mass is 252 g/mol. The molecule has 0 unspecified atom stereocenters. The van der Waals surface area contributed by atoms with Crippen LogP contribution in [0, 0.1) is 5.82 Å². The fraction of sp³-hybridized carbons (Fsp3) is 0.571. The minimum Gasteiger partial charge on any atom is -0.396 e. The van der Waals surface area contributed by atoms with E-state index in [1.165, 1.54) is 6.07 Å². The van der Waals surface area contributed by atoms with Gasteiger partial charge in [0, 0.05) is 33.3 Å². The van der Waals surface area contributed by atoms with Gasteiger partial charge in [0.25, 0.3) is 0 Å². The zero-order valence-electron chi connectivity index (χ0n) is 10.9. The Hall–Kier alpha value is -1.29. The molecule has 0 bridgehead atoms. The third kappa shape index (κ3) is 2.93. The highest BCUT2D eigenvalue weighted by atomic mass is 19.1. The van der Waals surface area contributed by atoms with Crippen molar-refractivity contribution in [2.45, 2.75) is 19.3 Å². The van der Waals surface area contributed by atoms with Gasteiger partial charge < -0.3 is 14.9 Å². The maximum Gasteiger partial charge on any atom is 0.125 e. The van der Waals surface area contributed by atoms with E-state index in [1.807, 2.05) is 13.1 Å². The van der Waals surface area contributed by atoms with Crippen LogP contribution in [-0.4, -0.2) is 38.4 Å². The van der Waals surface area contributed by atoms with Gasteiger partial charge in [0.2, 0.25) is 0 Å². The molecule has 0 saturated carbocycles. The van der Waals surface area contributed by atoms with Crippen LogP contribution < -0.4 is 9.80 Å². The summed E-state index contributed by atoms with van der Waals surface area (Å²) in [7, 11) is 2.05. The summed E-state index contributed by atoms with van der Waals surface area (Å²) in [6.07, 6.45) is 2.82. The number of anilines is 2. The van der Waals surface area contributed by atoms with Crippen molar-refractivity contribution in [1.82, 2.24) is 0 Å². The van der Waals surface area contributed by atoms with Crippen LogP contribution in [0.3, 0.4) is 0 Å². The third-order valence-electron chi connectivity index (χ3n) is 3.45. The number of rotatable bonds is 4. The Morgan fingerprint density at radius 2 is 2.06 bits per heavy atom. The van der Waals surface area contributed by atoms with Crippen molar-refractivity contribution in [1.29, 1.82) is 0 Å². The lowest BCUT2D eigenvalue weighted by Gasteiger charge is -2.26. The van der Waals surface area contributed by atoms with Gasteiger partial charge in [0.05, 0.1) is 11.4 Å². The SMILES string of the molecule is CN1CCCN(CCCCO)c2cc(F)ccc21. The van der Waals surface area contributed by atoms with Gasteiger partial charge in [-0.25, -0.2) is 4.39 Å². The van der Waals surface area contributed by atoms with Crippen LogP contribution in [0.25, 0.3) is 0 Å². The molecule has 0 amide bonds. The van der Waals surface area contributed by atoms with Crippen molar-refractivity contribution in [2.24, 2.45) is 0 Å². The van der Waals surface area contributed by atoms with Crippen molar-refractivity contribution in [3.05, 3.63) is 24.0 Å². The first-order chi connectivity index (χ1) is 8.72. The maximum atomic E-state index is 13.4. The van der Waals surface area contributed by atoms with Crippen LogP contribution in [0.2, 0.25) is 0 Å². The van der Waals surface area contributed by atoms with Crippen molar-refractivity contribution < 1.29 is 9.50 Å². The van der Waals surface area contributed by atoms with Crippen molar-refractivity contribution in [3.63, 3.8) is 0 Å². The molecule has 1 aromatic rings. The van der Waals surface area contributed by atoms with E-state index in [4.69, 9.17) is 5.11 Å². The van der Waals surface area contributed by atoms with Gasteiger partial charge in [-0.2, -0.15) is 0 Å². The van der Waals surface area contributed by atoms with Crippen LogP contribution in [0.4, 0.5) is 15.8 Å². The normalized spacial score (nSPS) is 15.5. The van der Waals surface area contributed by atoms with E-state index in [-0.39, 0.29) is 12.4 Å². The van der Waals surface area contributed by atoms with E-state index in [9.17, 15) is 4.39 Å². The molecule has 2 rings (SSSR count). The fourth-order valence-corrected chi connectivity index (χ4v) is 2.46. The second-order valence-corrected chi connectivity index (χ2v) is 4.83. The standard InChI is InChI=1S/C14H21FN2O/c1-16-7-4-9-17(8-2-3-10-18)14-11-12(15)5-6-13(14)16/h5-6,11,18H,2-4,7-10H2,1H3. The number of halogens is 1. The second-order valence-electron chi connectivity index (χ2n) is 4.83. The van der Waals surface area contributed by atoms with Gasteiger partial charge in [-0.05, 0) is 37.5 Å². The predicted octanol–water partition coefficient (Wildman–Crippen LogP) is 2.24. The molecule has 0 radical (unpaired) electrons. The number of aliphatic hydroxyl groups excluding tert-OH is 1. The van der Waals surface area contributed by atoms with Crippen LogP contribution in [0.5, 0.6) is 0 Å². The molecule has 0 spiro atoms. The number of aliphatic hydroxyl groups is 1. The summed E-state index contributed by atoms with van der Waals surface area (Å²) in [6.45, 7) is 3.05. The number of hydrogen-bond donors (Lipinski definition) is 1. The van der Waals surface area contributed by atoms with Crippen molar-refractivity contribution >= 4 is 11.4 Å². The van der Waals surface area contributed by atoms with Crippen LogP contribution in [-0.2, 0) is 0 Å². The molecule has 1 heterocycles. The highest BCUT2D eigenvalue weighted by molar-refractivity contribution is 5.71. The summed E-state index contributed by atoms with van der Waals surface area (Å²) >= 11 is 0. The molecule has 1 N–H and O–H groups in total. The van der Waals surface area contributed by atoms with Crippen molar-refractivity contribution in [2.75, 3.05) is 43.1 Å². The van der Waals surface area contributed by atoms with Gasteiger partial charge in [-0.15, -0.1) is 0 Å². The van der Waals surface area contributed by atoms with Gasteiger partial charge in [0.15, 0.2) is 0 Å². The average Bonchev–Trinajstić information content (AvgIpc) is 2.50. The zero-order chi connectivity index (χ0) is 13.0. The minimum atomic E-state index is -0.184. The first-order valence-electron chi connectivity index (χ1n) is 6.59. The highest BCUT2D eigenvalue weighted by Crippen LogP contribution is 2.32. The molecule has 0 aromatic heterocycles. The summed E-state index contributed by atoms with van der Waals surface area (Å²) < 4.78 is 13.4. The zero-order valence-corrected chi connectivity index (χ0v) is 10.9. The lowest BCUT2D eigenvalue weighted by Crippen LogP contribution is -2.25. The van der Waals surface area contributed by atoms with E-state index in [1.54, 1.807) is 6.07 Å². The molecule has 0 fully saturated rings. The molecule has 0 aliphatic carbocycles. The first-order valence-corrected chi connectivity index (χ1v) is 6.59. The fourth-order valence-electron chi connectivity index (χ4n) is 2.46. The molecule has 3 nitrogen and oxygen atoms in total. The second kappa shape index (κ2) is 6.05. The summed E-state index contributed by atoms with van der Waals surface area (Å²) in [6, 6.07) is 5.00. The van der Waals surface area contributed by atoms with E-state index >= 15 is 0 Å². The van der Waals surface area contributed by atoms with Crippen LogP contribution in [0.1, 0.15) is 19.3 Å². The van der Waals surface area contributed by atoms with E-state index in [0.29, 0.717) is 0 Å². The highest BCUT2D eigenvalue weighted by Gasteiger charge is 2.18. The Labute approximate surface area is 108 Å². The molecule has 100 valence electrons. The molecule has 1 aliphatic rings. The molecule has 1 aliphatic heterocycles. The third-order valence-corrected chi connectivity index (χ3v) is 3.45. The lowest BCUT2D eigenvalue weighted by molar-refractivity contribution is 0.285. The molecule has 0 atom stereocenters. The number of benzene rings is 1. The van der Waals surface area contributed by atoms with Gasteiger partial charge in [-0.1, -0.05) is 0 Å². The Morgan fingerprint density at radius 1 is 1.22 bits per heavy atom. The first kappa shape index (κ1) is 13.1. The minimum absolute atomic E-state index is 0.184. The lowest BCUT2D eigenvalue weighted by atomic mass is 10.2. The Morgan fingerprint density at radius 3 is 2.83 bits per heavy atom. The predicted molar refractivity (Wildman–Crippen MR) is 72.8 cm³/mol. The Kier molecular flexibility index (Phi) is 4.42. The molecule has 1 aromatic carbocycles. The van der Waals surface area contributed by atoms with Gasteiger partial charge >= 0.3 is 0 Å². The van der Waals surface area contributed by atoms with Crippen molar-refractivity contribution in [3.8, 4) is 0 Å². The molecule has 18 heavy (non-hydrogen) atoms. The largest absolute Gasteiger partial charge is 0.396 e. The Bertz CT molecular complexity index is 397. The summed E-state index contributed by atoms with van der Waals surface area (Å²) in [5.41, 5.74) is 2.07. The van der Waals surface area contributed by atoms with Crippen LogP contribution in [0.15, 0.2) is 18.2 Å². The molecule has 0 saturated heterocycles. The summed E-state index contributed by atoms with van der Waals surface area (Å²) in [4.78, 5) is 4.42. The summed E-state index contributed by atoms with van der Waals surface area (Å²) in [5.74, 6) is -0.184. The molecular formula is C14H21FN2O. The smallest absolute Gasteiger partial charge is 0.125 e. The van der Waals surface area contributed by atoms with E-state index in [2.05, 4.69) is 9.80 Å². The Balaban J connectivity index is 2.21. The van der Waals surface area contributed by atoms with E-state index < -0.39 is 0 Å². The number of hydrogen-bond acceptors (Lipinski definition) is 3. The molecule has 4 heteroatoms. The number of unbranched alkanes of at least 4 members (excludes halogenated alkanes) is 1. The topological polar surface area (TPSA) is 26.7 Å². The van der Waals surface area contributed by atoms with Crippen LogP contribution >= 0.6 is 0 Å². The quantitative estimate of drug-likeness (QED) is 0.833. The summed E-state index contributed by atoms with van der Waals surface area (Å²) in [5, 5.41) is 8.85. The maximum absolute atomic E-state index is 13.4. The number of fused-ring (bicyclic) bond motifs is 1. The number of nitrogens with zero attached hydrogens (tertiary/aromatic N) is 2. The average molecular weight is 252 g/mol. The van der Waals surface area contributed by atoms with Gasteiger partial charge in [0.1, 0.15) is 5.82 Å². The van der Waals surface area contributed by atoms with Gasteiger partial charge in [-0.3, -0.25) is 0 Å². The van der Waals surface area contributed by atoms with E-state index in [0.717, 1.165) is 50.3 Å². The molecular weight excluding hydrogens is 231 g/mol.